The molecule has 2 amide bonds. The first-order valence-corrected chi connectivity index (χ1v) is 15.9. The molecule has 3 aromatic carbocycles. The Morgan fingerprint density at radius 1 is 1.04 bits per heavy atom. The van der Waals surface area contributed by atoms with Gasteiger partial charge in [-0.05, 0) is 48.2 Å². The van der Waals surface area contributed by atoms with Crippen LogP contribution in [0.15, 0.2) is 91.5 Å². The number of para-hydroxylation sites is 1. The van der Waals surface area contributed by atoms with E-state index in [1.807, 2.05) is 54.6 Å². The zero-order chi connectivity index (χ0) is 32.1. The average molecular weight is 627 g/mol. The lowest BCUT2D eigenvalue weighted by molar-refractivity contribution is -0.276. The minimum Gasteiger partial charge on any atom is -0.445 e. The van der Waals surface area contributed by atoms with Gasteiger partial charge >= 0.3 is 6.09 Å². The monoisotopic (exact) mass is 626 g/mol. The maximum Gasteiger partial charge on any atom is 0.411 e. The van der Waals surface area contributed by atoms with Crippen molar-refractivity contribution in [1.29, 1.82) is 0 Å². The molecular formula is C36H42N4O6. The molecule has 3 aliphatic heterocycles. The molecule has 4 atom stereocenters. The number of rotatable bonds is 9. The van der Waals surface area contributed by atoms with Crippen LogP contribution >= 0.6 is 0 Å². The standard InChI is InChI=1S/C36H42N4O6/c1-3-21-44-35(43)38-29-15-13-28(14-16-29)33-45-31(25(2)32(46-33)27-11-9-26(23-41)10-12-27)22-39-19-17-36(18-20-39)34(42)37-24-40(36)30-7-5-4-6-8-30/h3-16,25,31-33,41H,1,17-24H2,2H3,(H,37,42)(H,38,43)/t25-,31+,32+,33+/m0/s1. The van der Waals surface area contributed by atoms with Gasteiger partial charge in [0.05, 0.1) is 25.5 Å². The number of nitrogens with one attached hydrogen (secondary N) is 2. The second-order valence-corrected chi connectivity index (χ2v) is 12.2. The lowest BCUT2D eigenvalue weighted by atomic mass is 9.84. The van der Waals surface area contributed by atoms with Crippen LogP contribution in [-0.4, -0.2) is 66.6 Å². The number of benzene rings is 3. The van der Waals surface area contributed by atoms with E-state index in [0.717, 1.165) is 48.3 Å². The van der Waals surface area contributed by atoms with Gasteiger partial charge in [0, 0.05) is 42.5 Å². The maximum atomic E-state index is 13.2. The van der Waals surface area contributed by atoms with Crippen LogP contribution in [0.4, 0.5) is 16.2 Å². The molecule has 46 heavy (non-hydrogen) atoms. The van der Waals surface area contributed by atoms with Crippen molar-refractivity contribution >= 4 is 23.4 Å². The number of anilines is 2. The predicted molar refractivity (Wildman–Crippen MR) is 175 cm³/mol. The summed E-state index contributed by atoms with van der Waals surface area (Å²) in [6.07, 6.45) is 1.39. The Bertz CT molecular complexity index is 1490. The first kappa shape index (κ1) is 31.7. The molecule has 3 aliphatic rings. The SMILES string of the molecule is C=CCOC(=O)Nc1ccc([C@@H]2O[C@H](CN3CCC4(CC3)C(=O)NCN4c3ccccc3)[C@H](C)[C@H](c3ccc(CO)cc3)O2)cc1. The molecule has 0 unspecified atom stereocenters. The van der Waals surface area contributed by atoms with Crippen molar-refractivity contribution in [2.45, 2.75) is 50.4 Å². The third kappa shape index (κ3) is 6.66. The zero-order valence-electron chi connectivity index (χ0n) is 26.1. The van der Waals surface area contributed by atoms with Crippen LogP contribution < -0.4 is 15.5 Å². The third-order valence-electron chi connectivity index (χ3n) is 9.41. The van der Waals surface area contributed by atoms with Gasteiger partial charge in [0.25, 0.3) is 0 Å². The van der Waals surface area contributed by atoms with Gasteiger partial charge in [0.15, 0.2) is 6.29 Å². The first-order valence-electron chi connectivity index (χ1n) is 15.9. The molecule has 3 fully saturated rings. The fraction of sp³-hybridized carbons (Fsp3) is 0.389. The van der Waals surface area contributed by atoms with E-state index in [0.29, 0.717) is 18.9 Å². The van der Waals surface area contributed by atoms with Gasteiger partial charge in [-0.25, -0.2) is 4.79 Å². The van der Waals surface area contributed by atoms with Crippen molar-refractivity contribution in [3.63, 3.8) is 0 Å². The molecule has 0 radical (unpaired) electrons. The maximum absolute atomic E-state index is 13.2. The third-order valence-corrected chi connectivity index (χ3v) is 9.41. The van der Waals surface area contributed by atoms with Gasteiger partial charge in [-0.3, -0.25) is 10.1 Å². The Morgan fingerprint density at radius 3 is 2.41 bits per heavy atom. The van der Waals surface area contributed by atoms with Crippen LogP contribution in [0.3, 0.4) is 0 Å². The second-order valence-electron chi connectivity index (χ2n) is 12.2. The van der Waals surface area contributed by atoms with E-state index < -0.39 is 17.9 Å². The Balaban J connectivity index is 1.18. The van der Waals surface area contributed by atoms with E-state index in [-0.39, 0.29) is 37.2 Å². The highest BCUT2D eigenvalue weighted by molar-refractivity contribution is 5.93. The van der Waals surface area contributed by atoms with E-state index in [1.54, 1.807) is 12.1 Å². The Hall–Kier alpha value is -4.22. The summed E-state index contributed by atoms with van der Waals surface area (Å²) in [6.45, 7) is 8.58. The number of nitrogens with zero attached hydrogens (tertiary/aromatic N) is 2. The quantitative estimate of drug-likeness (QED) is 0.280. The Labute approximate surface area is 269 Å². The minimum atomic E-state index is -0.629. The summed E-state index contributed by atoms with van der Waals surface area (Å²) >= 11 is 0. The molecule has 0 aliphatic carbocycles. The van der Waals surface area contributed by atoms with Crippen molar-refractivity contribution in [2.24, 2.45) is 5.92 Å². The molecule has 1 spiro atoms. The number of hydrogen-bond donors (Lipinski definition) is 3. The molecule has 3 N–H and O–H groups in total. The number of aliphatic hydroxyl groups excluding tert-OH is 1. The summed E-state index contributed by atoms with van der Waals surface area (Å²) in [5.74, 6) is 0.133. The second kappa shape index (κ2) is 14.0. The van der Waals surface area contributed by atoms with Gasteiger partial charge < -0.3 is 34.4 Å². The van der Waals surface area contributed by atoms with E-state index in [1.165, 1.54) is 6.08 Å². The molecule has 3 heterocycles. The Kier molecular flexibility index (Phi) is 9.70. The Morgan fingerprint density at radius 2 is 1.74 bits per heavy atom. The number of aliphatic hydroxyl groups is 1. The van der Waals surface area contributed by atoms with Gasteiger partial charge in [-0.2, -0.15) is 0 Å². The molecule has 3 aromatic rings. The topological polar surface area (TPSA) is 113 Å². The van der Waals surface area contributed by atoms with E-state index in [4.69, 9.17) is 14.2 Å². The van der Waals surface area contributed by atoms with Crippen molar-refractivity contribution in [1.82, 2.24) is 10.2 Å². The van der Waals surface area contributed by atoms with Crippen molar-refractivity contribution in [2.75, 3.05) is 43.1 Å². The lowest BCUT2D eigenvalue weighted by Crippen LogP contribution is -2.57. The minimum absolute atomic E-state index is 0.0204. The first-order chi connectivity index (χ1) is 22.4. The molecule has 0 bridgehead atoms. The molecule has 10 nitrogen and oxygen atoms in total. The van der Waals surface area contributed by atoms with E-state index in [2.05, 4.69) is 46.1 Å². The van der Waals surface area contributed by atoms with Gasteiger partial charge in [0.2, 0.25) is 5.91 Å². The van der Waals surface area contributed by atoms with Crippen LogP contribution in [-0.2, 0) is 25.6 Å². The summed E-state index contributed by atoms with van der Waals surface area (Å²) in [5, 5.41) is 15.4. The van der Waals surface area contributed by atoms with Crippen LogP contribution in [0.25, 0.3) is 0 Å². The lowest BCUT2D eigenvalue weighted by Gasteiger charge is -2.46. The van der Waals surface area contributed by atoms with Gasteiger partial charge in [-0.15, -0.1) is 0 Å². The molecule has 6 rings (SSSR count). The summed E-state index contributed by atoms with van der Waals surface area (Å²) < 4.78 is 18.3. The van der Waals surface area contributed by atoms with Gasteiger partial charge in [-0.1, -0.05) is 74.2 Å². The molecular weight excluding hydrogens is 584 g/mol. The van der Waals surface area contributed by atoms with Gasteiger partial charge in [0.1, 0.15) is 12.1 Å². The number of likely N-dealkylation sites (tertiary alicyclic amines) is 1. The summed E-state index contributed by atoms with van der Waals surface area (Å²) in [5.41, 5.74) is 3.80. The van der Waals surface area contributed by atoms with Crippen LogP contribution in [0.1, 0.15) is 48.8 Å². The number of ether oxygens (including phenoxy) is 3. The normalized spacial score (nSPS) is 24.4. The fourth-order valence-electron chi connectivity index (χ4n) is 6.73. The van der Waals surface area contributed by atoms with Crippen LogP contribution in [0, 0.1) is 5.92 Å². The molecule has 10 heteroatoms. The number of piperidine rings is 1. The number of carbonyl (C=O) groups excluding carboxylic acids is 2. The van der Waals surface area contributed by atoms with Crippen LogP contribution in [0.2, 0.25) is 0 Å². The summed E-state index contributed by atoms with van der Waals surface area (Å²) in [7, 11) is 0. The number of hydrogen-bond acceptors (Lipinski definition) is 8. The highest BCUT2D eigenvalue weighted by Gasteiger charge is 2.51. The number of amides is 2. The highest BCUT2D eigenvalue weighted by atomic mass is 16.7. The van der Waals surface area contributed by atoms with Crippen LogP contribution in [0.5, 0.6) is 0 Å². The highest BCUT2D eigenvalue weighted by Crippen LogP contribution is 2.43. The van der Waals surface area contributed by atoms with E-state index in [9.17, 15) is 14.7 Å². The zero-order valence-corrected chi connectivity index (χ0v) is 26.1. The van der Waals surface area contributed by atoms with Crippen molar-refractivity contribution < 1.29 is 28.9 Å². The summed E-state index contributed by atoms with van der Waals surface area (Å²) in [4.78, 5) is 29.8. The van der Waals surface area contributed by atoms with E-state index >= 15 is 0 Å². The fourth-order valence-corrected chi connectivity index (χ4v) is 6.73. The largest absolute Gasteiger partial charge is 0.445 e. The number of carbonyl (C=O) groups is 2. The smallest absolute Gasteiger partial charge is 0.411 e. The molecule has 0 saturated carbocycles. The van der Waals surface area contributed by atoms with Crippen molar-refractivity contribution in [3.05, 3.63) is 108 Å². The summed E-state index contributed by atoms with van der Waals surface area (Å²) in [6, 6.07) is 25.4. The average Bonchev–Trinajstić information content (AvgIpc) is 3.41. The molecule has 3 saturated heterocycles. The predicted octanol–water partition coefficient (Wildman–Crippen LogP) is 5.13. The molecule has 242 valence electrons. The van der Waals surface area contributed by atoms with Crippen molar-refractivity contribution in [3.8, 4) is 0 Å². The molecule has 0 aromatic heterocycles.